The number of piperidine rings is 1. The van der Waals surface area contributed by atoms with Crippen LogP contribution in [-0.4, -0.2) is 29.6 Å². The van der Waals surface area contributed by atoms with Crippen molar-refractivity contribution in [3.8, 4) is 0 Å². The van der Waals surface area contributed by atoms with Gasteiger partial charge in [0.15, 0.2) is 0 Å². The number of aryl methyl sites for hydroxylation is 1. The van der Waals surface area contributed by atoms with Gasteiger partial charge >= 0.3 is 0 Å². The molecular formula is C30H34ClNO. The van der Waals surface area contributed by atoms with E-state index in [0.717, 1.165) is 17.9 Å². The summed E-state index contributed by atoms with van der Waals surface area (Å²) in [4.78, 5) is 2.80. The van der Waals surface area contributed by atoms with E-state index < -0.39 is 0 Å². The highest BCUT2D eigenvalue weighted by Gasteiger charge is 2.41. The molecule has 0 radical (unpaired) electrons. The van der Waals surface area contributed by atoms with E-state index in [9.17, 15) is 0 Å². The highest BCUT2D eigenvalue weighted by Crippen LogP contribution is 2.40. The van der Waals surface area contributed by atoms with E-state index in [1.165, 1.54) is 55.3 Å². The van der Waals surface area contributed by atoms with E-state index in [-0.39, 0.29) is 6.10 Å². The van der Waals surface area contributed by atoms with Crippen molar-refractivity contribution < 1.29 is 4.74 Å². The normalized spacial score (nSPS) is 23.5. The quantitative estimate of drug-likeness (QED) is 0.308. The first-order chi connectivity index (χ1) is 16.3. The van der Waals surface area contributed by atoms with Gasteiger partial charge in [0.1, 0.15) is 6.10 Å². The monoisotopic (exact) mass is 459 g/mol. The Kier molecular flexibility index (Phi) is 7.46. The summed E-state index contributed by atoms with van der Waals surface area (Å²) in [5.74, 6) is 0. The van der Waals surface area contributed by atoms with Gasteiger partial charge in [-0.25, -0.2) is 0 Å². The molecule has 0 saturated carbocycles. The number of hydrogen-bond acceptors (Lipinski definition) is 2. The first-order valence-electron chi connectivity index (χ1n) is 12.5. The second kappa shape index (κ2) is 10.9. The average Bonchev–Trinajstić information content (AvgIpc) is 3.09. The maximum Gasteiger partial charge on any atom is 0.108 e. The van der Waals surface area contributed by atoms with Crippen molar-refractivity contribution in [2.45, 2.75) is 69.2 Å². The zero-order chi connectivity index (χ0) is 22.5. The Morgan fingerprint density at radius 2 is 1.36 bits per heavy atom. The van der Waals surface area contributed by atoms with Gasteiger partial charge in [0, 0.05) is 17.1 Å². The lowest BCUT2D eigenvalue weighted by Gasteiger charge is -2.40. The van der Waals surface area contributed by atoms with Gasteiger partial charge in [0.25, 0.3) is 0 Å². The summed E-state index contributed by atoms with van der Waals surface area (Å²) in [6, 6.07) is 31.0. The number of benzene rings is 3. The third kappa shape index (κ3) is 5.69. The topological polar surface area (TPSA) is 12.5 Å². The van der Waals surface area contributed by atoms with Crippen LogP contribution in [0.5, 0.6) is 0 Å². The third-order valence-electron chi connectivity index (χ3n) is 7.42. The predicted octanol–water partition coefficient (Wildman–Crippen LogP) is 7.46. The van der Waals surface area contributed by atoms with Crippen LogP contribution in [-0.2, 0) is 11.2 Å². The minimum absolute atomic E-state index is 0.0368. The van der Waals surface area contributed by atoms with Crippen LogP contribution in [0.15, 0.2) is 84.9 Å². The number of nitrogens with zero attached hydrogens (tertiary/aromatic N) is 1. The molecule has 3 aromatic rings. The predicted molar refractivity (Wildman–Crippen MR) is 137 cm³/mol. The van der Waals surface area contributed by atoms with Crippen molar-refractivity contribution >= 4 is 11.6 Å². The van der Waals surface area contributed by atoms with Gasteiger partial charge in [-0.05, 0) is 80.3 Å². The summed E-state index contributed by atoms with van der Waals surface area (Å²) < 4.78 is 6.85. The number of rotatable bonds is 9. The Morgan fingerprint density at radius 3 is 2.03 bits per heavy atom. The summed E-state index contributed by atoms with van der Waals surface area (Å²) in [6.45, 7) is 1.23. The molecule has 33 heavy (non-hydrogen) atoms. The average molecular weight is 460 g/mol. The second-order valence-corrected chi connectivity index (χ2v) is 10.1. The molecule has 3 heteroatoms. The van der Waals surface area contributed by atoms with Crippen LogP contribution in [0.2, 0.25) is 5.02 Å². The van der Waals surface area contributed by atoms with Crippen LogP contribution in [0.4, 0.5) is 0 Å². The van der Waals surface area contributed by atoms with E-state index in [1.807, 2.05) is 12.1 Å². The molecule has 0 aromatic heterocycles. The lowest BCUT2D eigenvalue weighted by Crippen LogP contribution is -2.46. The zero-order valence-corrected chi connectivity index (χ0v) is 20.0. The fourth-order valence-electron chi connectivity index (χ4n) is 5.78. The Morgan fingerprint density at radius 1 is 0.758 bits per heavy atom. The number of ether oxygens (including phenoxy) is 1. The summed E-state index contributed by atoms with van der Waals surface area (Å²) in [5.41, 5.74) is 3.86. The standard InChI is InChI=1S/C30H34ClNO/c31-26-16-14-25(15-17-26)30(24-12-5-2-6-13-24)33-29-21-27-18-19-28(22-29)32(27)20-8-7-11-23-9-3-1-4-10-23/h1-6,9-10,12-17,27-30H,7-8,11,18-22H2/t27-,28+,29?,30?. The summed E-state index contributed by atoms with van der Waals surface area (Å²) >= 11 is 6.16. The van der Waals surface area contributed by atoms with Crippen LogP contribution in [0.25, 0.3) is 0 Å². The summed E-state index contributed by atoms with van der Waals surface area (Å²) in [7, 11) is 0. The van der Waals surface area contributed by atoms with Crippen LogP contribution in [0.3, 0.4) is 0 Å². The molecule has 5 rings (SSSR count). The van der Waals surface area contributed by atoms with Gasteiger partial charge in [-0.1, -0.05) is 84.4 Å². The molecule has 2 nitrogen and oxygen atoms in total. The van der Waals surface area contributed by atoms with Crippen LogP contribution < -0.4 is 0 Å². The highest BCUT2D eigenvalue weighted by molar-refractivity contribution is 6.30. The van der Waals surface area contributed by atoms with Gasteiger partial charge in [0.2, 0.25) is 0 Å². The molecule has 0 spiro atoms. The Hall–Kier alpha value is -2.13. The van der Waals surface area contributed by atoms with E-state index in [0.29, 0.717) is 18.2 Å². The molecule has 2 bridgehead atoms. The fraction of sp³-hybridized carbons (Fsp3) is 0.400. The molecule has 172 valence electrons. The molecule has 0 amide bonds. The maximum absolute atomic E-state index is 6.85. The van der Waals surface area contributed by atoms with Gasteiger partial charge in [-0.15, -0.1) is 0 Å². The second-order valence-electron chi connectivity index (χ2n) is 9.64. The first kappa shape index (κ1) is 22.7. The Labute approximate surface area is 203 Å². The lowest BCUT2D eigenvalue weighted by atomic mass is 9.96. The van der Waals surface area contributed by atoms with Crippen molar-refractivity contribution in [2.75, 3.05) is 6.54 Å². The van der Waals surface area contributed by atoms with Crippen LogP contribution in [0.1, 0.15) is 61.3 Å². The van der Waals surface area contributed by atoms with E-state index in [1.54, 1.807) is 0 Å². The van der Waals surface area contributed by atoms with E-state index >= 15 is 0 Å². The van der Waals surface area contributed by atoms with Gasteiger partial charge in [0.05, 0.1) is 6.10 Å². The van der Waals surface area contributed by atoms with E-state index in [4.69, 9.17) is 16.3 Å². The molecule has 2 heterocycles. The molecule has 2 fully saturated rings. The fourth-order valence-corrected chi connectivity index (χ4v) is 5.90. The minimum Gasteiger partial charge on any atom is -0.365 e. The number of fused-ring (bicyclic) bond motifs is 2. The summed E-state index contributed by atoms with van der Waals surface area (Å²) in [5, 5.41) is 0.768. The van der Waals surface area contributed by atoms with Crippen molar-refractivity contribution in [2.24, 2.45) is 0 Å². The highest BCUT2D eigenvalue weighted by atomic mass is 35.5. The largest absolute Gasteiger partial charge is 0.365 e. The minimum atomic E-state index is -0.0368. The number of hydrogen-bond donors (Lipinski definition) is 0. The molecule has 0 aliphatic carbocycles. The van der Waals surface area contributed by atoms with Crippen molar-refractivity contribution in [3.05, 3.63) is 107 Å². The van der Waals surface area contributed by atoms with Crippen LogP contribution in [0, 0.1) is 0 Å². The van der Waals surface area contributed by atoms with Crippen molar-refractivity contribution in [1.82, 2.24) is 4.90 Å². The van der Waals surface area contributed by atoms with Crippen molar-refractivity contribution in [1.29, 1.82) is 0 Å². The molecule has 3 aromatic carbocycles. The molecule has 2 saturated heterocycles. The molecular weight excluding hydrogens is 426 g/mol. The molecule has 4 atom stereocenters. The third-order valence-corrected chi connectivity index (χ3v) is 7.67. The van der Waals surface area contributed by atoms with Crippen molar-refractivity contribution in [3.63, 3.8) is 0 Å². The Bertz CT molecular complexity index is 977. The molecule has 2 unspecified atom stereocenters. The molecule has 2 aliphatic heterocycles. The van der Waals surface area contributed by atoms with Gasteiger partial charge in [-0.2, -0.15) is 0 Å². The van der Waals surface area contributed by atoms with Gasteiger partial charge < -0.3 is 4.74 Å². The zero-order valence-electron chi connectivity index (χ0n) is 19.3. The van der Waals surface area contributed by atoms with E-state index in [2.05, 4.69) is 77.7 Å². The van der Waals surface area contributed by atoms with Gasteiger partial charge in [-0.3, -0.25) is 4.90 Å². The molecule has 2 aliphatic rings. The Balaban J connectivity index is 1.19. The smallest absolute Gasteiger partial charge is 0.108 e. The lowest BCUT2D eigenvalue weighted by molar-refractivity contribution is -0.0483. The SMILES string of the molecule is Clc1ccc(C(OC2C[C@H]3CC[C@@H](C2)N3CCCCc2ccccc2)c2ccccc2)cc1. The number of unbranched alkanes of at least 4 members (excludes halogenated alkanes) is 1. The first-order valence-corrected chi connectivity index (χ1v) is 12.9. The number of halogens is 1. The maximum atomic E-state index is 6.85. The molecule has 0 N–H and O–H groups in total. The summed E-state index contributed by atoms with van der Waals surface area (Å²) in [6.07, 6.45) is 8.94. The van der Waals surface area contributed by atoms with Crippen LogP contribution >= 0.6 is 11.6 Å².